The molecule has 0 spiro atoms. The fraction of sp³-hybridized carbons (Fsp3) is 0.400. The van der Waals surface area contributed by atoms with Crippen LogP contribution in [0, 0.1) is 5.41 Å². The predicted octanol–water partition coefficient (Wildman–Crippen LogP) is 4.06. The van der Waals surface area contributed by atoms with E-state index in [1.807, 2.05) is 32.9 Å². The van der Waals surface area contributed by atoms with Crippen molar-refractivity contribution in [2.75, 3.05) is 6.61 Å². The van der Waals surface area contributed by atoms with Crippen LogP contribution in [0.3, 0.4) is 0 Å². The number of aliphatic hydroxyl groups excluding tert-OH is 1. The molecular weight excluding hydrogens is 242 g/mol. The fourth-order valence-electron chi connectivity index (χ4n) is 1.40. The molecule has 0 saturated carbocycles. The van der Waals surface area contributed by atoms with Crippen LogP contribution in [-0.4, -0.2) is 17.4 Å². The molecule has 0 bridgehead atoms. The molecule has 0 aromatic heterocycles. The molecule has 100 valence electrons. The fourth-order valence-corrected chi connectivity index (χ4v) is 1.63. The Labute approximate surface area is 116 Å². The molecule has 0 aliphatic heterocycles. The van der Waals surface area contributed by atoms with Crippen molar-refractivity contribution in [1.29, 1.82) is 5.41 Å². The molecule has 0 atom stereocenters. The van der Waals surface area contributed by atoms with Gasteiger partial charge < -0.3 is 10.5 Å². The number of hydrogen-bond acceptors (Lipinski definition) is 3. The van der Waals surface area contributed by atoms with E-state index in [0.717, 1.165) is 22.3 Å². The monoisotopic (exact) mass is 265 g/mol. The quantitative estimate of drug-likeness (QED) is 0.276. The molecule has 2 nitrogen and oxygen atoms in total. The largest absolute Gasteiger partial charge is 0.396 e. The lowest BCUT2D eigenvalue weighted by molar-refractivity contribution is 0.299. The zero-order valence-electron chi connectivity index (χ0n) is 11.5. The Hall–Kier alpha value is -1.06. The third kappa shape index (κ3) is 6.62. The highest BCUT2D eigenvalue weighted by molar-refractivity contribution is 7.83. The summed E-state index contributed by atoms with van der Waals surface area (Å²) < 4.78 is 0. The van der Waals surface area contributed by atoms with E-state index in [0.29, 0.717) is 18.6 Å². The smallest absolute Gasteiger partial charge is 0.0468 e. The van der Waals surface area contributed by atoms with Crippen molar-refractivity contribution in [2.45, 2.75) is 33.6 Å². The van der Waals surface area contributed by atoms with Crippen LogP contribution in [0.25, 0.3) is 0 Å². The Bertz CT molecular complexity index is 403. The maximum absolute atomic E-state index is 8.80. The molecule has 0 rings (SSSR count). The van der Waals surface area contributed by atoms with Crippen molar-refractivity contribution in [3.8, 4) is 0 Å². The summed E-state index contributed by atoms with van der Waals surface area (Å²) in [6.45, 7) is 9.90. The molecule has 0 aromatic carbocycles. The number of aliphatic hydroxyl groups is 1. The predicted molar refractivity (Wildman–Crippen MR) is 83.4 cm³/mol. The lowest BCUT2D eigenvalue weighted by Gasteiger charge is -2.07. The molecule has 0 radical (unpaired) electrons. The van der Waals surface area contributed by atoms with Crippen LogP contribution in [0.5, 0.6) is 0 Å². The minimum atomic E-state index is 0.0969. The molecule has 0 aliphatic rings. The van der Waals surface area contributed by atoms with E-state index in [1.54, 1.807) is 5.41 Å². The molecule has 0 aliphatic carbocycles. The average molecular weight is 265 g/mol. The third-order valence-electron chi connectivity index (χ3n) is 2.75. The highest BCUT2D eigenvalue weighted by Gasteiger charge is 2.03. The molecular formula is C15H23NOS. The lowest BCUT2D eigenvalue weighted by atomic mass is 10.00. The van der Waals surface area contributed by atoms with Gasteiger partial charge in [-0.05, 0) is 49.3 Å². The summed E-state index contributed by atoms with van der Waals surface area (Å²) in [4.78, 5) is 0. The number of rotatable bonds is 7. The van der Waals surface area contributed by atoms with Gasteiger partial charge in [-0.25, -0.2) is 0 Å². The second kappa shape index (κ2) is 8.95. The van der Waals surface area contributed by atoms with Crippen molar-refractivity contribution in [1.82, 2.24) is 0 Å². The van der Waals surface area contributed by atoms with Crippen LogP contribution in [-0.2, 0) is 0 Å². The van der Waals surface area contributed by atoms with E-state index >= 15 is 0 Å². The van der Waals surface area contributed by atoms with Crippen LogP contribution in [0.4, 0.5) is 0 Å². The van der Waals surface area contributed by atoms with E-state index in [2.05, 4.69) is 19.2 Å². The Morgan fingerprint density at radius 1 is 1.28 bits per heavy atom. The van der Waals surface area contributed by atoms with Crippen molar-refractivity contribution >= 4 is 18.3 Å². The minimum Gasteiger partial charge on any atom is -0.396 e. The first-order valence-corrected chi connectivity index (χ1v) is 6.45. The summed E-state index contributed by atoms with van der Waals surface area (Å²) in [5.74, 6) is 0. The van der Waals surface area contributed by atoms with Gasteiger partial charge in [-0.3, -0.25) is 0 Å². The van der Waals surface area contributed by atoms with Gasteiger partial charge in [0.2, 0.25) is 0 Å². The number of allylic oxidation sites excluding steroid dienone is 5. The van der Waals surface area contributed by atoms with Gasteiger partial charge >= 0.3 is 0 Å². The first kappa shape index (κ1) is 16.9. The van der Waals surface area contributed by atoms with Gasteiger partial charge in [0.15, 0.2) is 0 Å². The maximum atomic E-state index is 8.80. The summed E-state index contributed by atoms with van der Waals surface area (Å²) in [5, 5.41) is 18.5. The molecule has 3 heteroatoms. The zero-order chi connectivity index (χ0) is 14.1. The Morgan fingerprint density at radius 3 is 2.39 bits per heavy atom. The Morgan fingerprint density at radius 2 is 1.89 bits per heavy atom. The average Bonchev–Trinajstić information content (AvgIpc) is 2.29. The van der Waals surface area contributed by atoms with E-state index < -0.39 is 0 Å². The van der Waals surface area contributed by atoms with Crippen molar-refractivity contribution in [3.63, 3.8) is 0 Å². The normalized spacial score (nSPS) is 13.7. The van der Waals surface area contributed by atoms with E-state index in [1.165, 1.54) is 0 Å². The molecule has 0 unspecified atom stereocenters. The topological polar surface area (TPSA) is 44.1 Å². The molecule has 0 saturated heterocycles. The first-order valence-electron chi connectivity index (χ1n) is 5.94. The number of hydrogen-bond donors (Lipinski definition) is 3. The van der Waals surface area contributed by atoms with Gasteiger partial charge in [0.25, 0.3) is 0 Å². The van der Waals surface area contributed by atoms with Crippen LogP contribution < -0.4 is 0 Å². The molecule has 0 amide bonds. The summed E-state index contributed by atoms with van der Waals surface area (Å²) in [5.41, 5.74) is 4.62. The minimum absolute atomic E-state index is 0.0969. The standard InChI is InChI=1S/C15H23NOS/c1-11(5-7-17)9-15(16)14(4)10-13(3)12(2)6-8-18/h6,8,10,16-18H,1,5,7,9H2,2-4H3/b8-6-,13-12+,14-10+,16-15?. The van der Waals surface area contributed by atoms with Gasteiger partial charge in [-0.2, -0.15) is 12.6 Å². The molecule has 18 heavy (non-hydrogen) atoms. The van der Waals surface area contributed by atoms with Crippen LogP contribution in [0.1, 0.15) is 33.6 Å². The maximum Gasteiger partial charge on any atom is 0.0468 e. The van der Waals surface area contributed by atoms with Crippen molar-refractivity contribution < 1.29 is 5.11 Å². The zero-order valence-corrected chi connectivity index (χ0v) is 12.3. The molecule has 0 fully saturated rings. The Kier molecular flexibility index (Phi) is 8.42. The second-order valence-electron chi connectivity index (χ2n) is 4.39. The van der Waals surface area contributed by atoms with Crippen LogP contribution >= 0.6 is 12.6 Å². The second-order valence-corrected chi connectivity index (χ2v) is 4.69. The van der Waals surface area contributed by atoms with Gasteiger partial charge in [-0.15, -0.1) is 0 Å². The van der Waals surface area contributed by atoms with Gasteiger partial charge in [0.05, 0.1) is 0 Å². The van der Waals surface area contributed by atoms with Gasteiger partial charge in [-0.1, -0.05) is 24.3 Å². The highest BCUT2D eigenvalue weighted by atomic mass is 32.1. The summed E-state index contributed by atoms with van der Waals surface area (Å²) in [6.07, 6.45) is 5.01. The van der Waals surface area contributed by atoms with Gasteiger partial charge in [0, 0.05) is 18.7 Å². The number of thiol groups is 1. The SMILES string of the molecule is C=C(CCO)CC(=N)/C(C)=C/C(C)=C(C)/C=C\S. The highest BCUT2D eigenvalue weighted by Crippen LogP contribution is 2.14. The van der Waals surface area contributed by atoms with Gasteiger partial charge in [0.1, 0.15) is 0 Å². The molecule has 0 heterocycles. The van der Waals surface area contributed by atoms with Crippen LogP contribution in [0.2, 0.25) is 0 Å². The summed E-state index contributed by atoms with van der Waals surface area (Å²) in [6, 6.07) is 0. The van der Waals surface area contributed by atoms with E-state index in [9.17, 15) is 0 Å². The Balaban J connectivity index is 4.74. The summed E-state index contributed by atoms with van der Waals surface area (Å²) in [7, 11) is 0. The lowest BCUT2D eigenvalue weighted by Crippen LogP contribution is -2.01. The van der Waals surface area contributed by atoms with E-state index in [-0.39, 0.29) is 6.61 Å². The first-order chi connectivity index (χ1) is 8.42. The summed E-state index contributed by atoms with van der Waals surface area (Å²) >= 11 is 4.04. The van der Waals surface area contributed by atoms with Crippen molar-refractivity contribution in [2.24, 2.45) is 0 Å². The van der Waals surface area contributed by atoms with Crippen LogP contribution in [0.15, 0.2) is 46.4 Å². The van der Waals surface area contributed by atoms with E-state index in [4.69, 9.17) is 10.5 Å². The molecule has 2 N–H and O–H groups in total. The molecule has 0 aromatic rings. The van der Waals surface area contributed by atoms with Crippen molar-refractivity contribution in [3.05, 3.63) is 46.4 Å². The number of nitrogens with one attached hydrogen (secondary N) is 1. The third-order valence-corrected chi connectivity index (χ3v) is 2.90.